The van der Waals surface area contributed by atoms with Crippen LogP contribution in [0.1, 0.15) is 58.8 Å². The second-order valence-electron chi connectivity index (χ2n) is 8.59. The first-order valence-corrected chi connectivity index (χ1v) is 12.2. The van der Waals surface area contributed by atoms with E-state index in [1.165, 1.54) is 16.9 Å². The van der Waals surface area contributed by atoms with E-state index < -0.39 is 27.4 Å². The summed E-state index contributed by atoms with van der Waals surface area (Å²) < 4.78 is 27.4. The first-order chi connectivity index (χ1) is 15.0. The first kappa shape index (κ1) is 23.8. The normalized spacial score (nSPS) is 14.9. The number of hydrogen-bond donors (Lipinski definition) is 2. The monoisotopic (exact) mass is 462 g/mol. The number of benzene rings is 1. The molecule has 1 heterocycles. The van der Waals surface area contributed by atoms with Gasteiger partial charge in [-0.2, -0.15) is 14.9 Å². The molecule has 1 fully saturated rings. The Morgan fingerprint density at radius 3 is 2.41 bits per heavy atom. The minimum Gasteiger partial charge on any atom is -0.464 e. The van der Waals surface area contributed by atoms with Gasteiger partial charge in [-0.1, -0.05) is 26.8 Å². The lowest BCUT2D eigenvalue weighted by atomic mass is 10.1. The molecule has 0 spiro atoms. The third-order valence-electron chi connectivity index (χ3n) is 5.76. The Hall–Kier alpha value is -2.88. The van der Waals surface area contributed by atoms with Crippen LogP contribution < -0.4 is 10.3 Å². The molecule has 0 aliphatic heterocycles. The van der Waals surface area contributed by atoms with Gasteiger partial charge in [-0.15, -0.1) is 0 Å². The minimum atomic E-state index is -4.02. The zero-order valence-electron chi connectivity index (χ0n) is 19.0. The molecule has 0 saturated heterocycles. The number of aryl methyl sites for hydroxylation is 1. The van der Waals surface area contributed by atoms with Crippen molar-refractivity contribution in [2.45, 2.75) is 76.1 Å². The Morgan fingerprint density at radius 2 is 1.91 bits per heavy atom. The highest BCUT2D eigenvalue weighted by molar-refractivity contribution is 7.91. The van der Waals surface area contributed by atoms with Crippen LogP contribution >= 0.6 is 0 Å². The molecule has 2 amide bonds. The van der Waals surface area contributed by atoms with Gasteiger partial charge in [0.25, 0.3) is 0 Å². The Balaban J connectivity index is 2.09. The number of amides is 2. The molecule has 10 heteroatoms. The second kappa shape index (κ2) is 8.57. The van der Waals surface area contributed by atoms with Gasteiger partial charge in [0, 0.05) is 11.1 Å². The second-order valence-corrected chi connectivity index (χ2v) is 10.5. The van der Waals surface area contributed by atoms with E-state index in [2.05, 4.69) is 10.4 Å². The molecule has 0 radical (unpaired) electrons. The average molecular weight is 463 g/mol. The van der Waals surface area contributed by atoms with E-state index >= 15 is 0 Å². The van der Waals surface area contributed by atoms with Crippen molar-refractivity contribution in [1.29, 1.82) is 0 Å². The summed E-state index contributed by atoms with van der Waals surface area (Å²) in [5.74, 6) is -0.127. The summed E-state index contributed by atoms with van der Waals surface area (Å²) in [5, 5.41) is 17.9. The molecular formula is C22H30N4O5S. The standard InChI is InChI=1S/C22H30N4O5S/c1-6-17-19(18(7-2)26(24-17)25(14(3)4)21(28)29)32(30,31)16-10-8-9-15(13-16)23-20(27)22(5)11-12-22/h8-10,13-14H,6-7,11-12H2,1-5H3,(H,23,27)(H,28,29). The van der Waals surface area contributed by atoms with Gasteiger partial charge in [0.1, 0.15) is 4.90 Å². The zero-order chi connectivity index (χ0) is 23.8. The molecule has 9 nitrogen and oxygen atoms in total. The Bertz CT molecular complexity index is 1150. The lowest BCUT2D eigenvalue weighted by Gasteiger charge is -2.24. The van der Waals surface area contributed by atoms with Crippen molar-refractivity contribution < 1.29 is 23.1 Å². The van der Waals surface area contributed by atoms with E-state index in [-0.39, 0.29) is 22.1 Å². The van der Waals surface area contributed by atoms with Gasteiger partial charge >= 0.3 is 6.09 Å². The van der Waals surface area contributed by atoms with Crippen molar-refractivity contribution in [1.82, 2.24) is 9.89 Å². The van der Waals surface area contributed by atoms with Crippen LogP contribution in [0.5, 0.6) is 0 Å². The van der Waals surface area contributed by atoms with Crippen molar-refractivity contribution >= 4 is 27.5 Å². The number of carboxylic acid groups (broad SMARTS) is 1. The SMILES string of the molecule is CCc1nn(N(C(=O)O)C(C)C)c(CC)c1S(=O)(=O)c1cccc(NC(=O)C2(C)CC2)c1. The maximum absolute atomic E-state index is 13.7. The third kappa shape index (κ3) is 4.23. The fourth-order valence-electron chi connectivity index (χ4n) is 3.58. The summed E-state index contributed by atoms with van der Waals surface area (Å²) in [6.07, 6.45) is 0.987. The molecular weight excluding hydrogens is 432 g/mol. The van der Waals surface area contributed by atoms with Crippen molar-refractivity contribution in [2.24, 2.45) is 5.41 Å². The number of carbonyl (C=O) groups is 2. The first-order valence-electron chi connectivity index (χ1n) is 10.8. The van der Waals surface area contributed by atoms with E-state index in [0.717, 1.165) is 17.9 Å². The van der Waals surface area contributed by atoms with Gasteiger partial charge in [0.2, 0.25) is 15.7 Å². The van der Waals surface area contributed by atoms with Crippen molar-refractivity contribution in [2.75, 3.05) is 10.3 Å². The van der Waals surface area contributed by atoms with E-state index in [0.29, 0.717) is 23.5 Å². The lowest BCUT2D eigenvalue weighted by molar-refractivity contribution is -0.120. The molecule has 0 bridgehead atoms. The van der Waals surface area contributed by atoms with Crippen LogP contribution in [0.15, 0.2) is 34.1 Å². The number of carbonyl (C=O) groups excluding carboxylic acids is 1. The van der Waals surface area contributed by atoms with Crippen LogP contribution in [-0.2, 0) is 27.5 Å². The number of hydrogen-bond acceptors (Lipinski definition) is 5. The number of anilines is 1. The smallest absolute Gasteiger partial charge is 0.428 e. The van der Waals surface area contributed by atoms with E-state index in [1.54, 1.807) is 39.8 Å². The minimum absolute atomic E-state index is 0.0200. The van der Waals surface area contributed by atoms with Crippen LogP contribution in [0.3, 0.4) is 0 Å². The van der Waals surface area contributed by atoms with E-state index in [9.17, 15) is 23.1 Å². The number of sulfone groups is 1. The molecule has 0 atom stereocenters. The summed E-state index contributed by atoms with van der Waals surface area (Å²) in [7, 11) is -4.02. The highest BCUT2D eigenvalue weighted by atomic mass is 32.2. The fourth-order valence-corrected chi connectivity index (χ4v) is 5.38. The van der Waals surface area contributed by atoms with Gasteiger partial charge in [-0.05, 0) is 57.7 Å². The summed E-state index contributed by atoms with van der Waals surface area (Å²) >= 11 is 0. The van der Waals surface area contributed by atoms with Gasteiger partial charge in [0.15, 0.2) is 0 Å². The molecule has 2 N–H and O–H groups in total. The maximum Gasteiger partial charge on any atom is 0.428 e. The lowest BCUT2D eigenvalue weighted by Crippen LogP contribution is -2.46. The Morgan fingerprint density at radius 1 is 1.25 bits per heavy atom. The molecule has 2 aromatic rings. The molecule has 1 aliphatic carbocycles. The van der Waals surface area contributed by atoms with Crippen LogP contribution in [0.4, 0.5) is 10.5 Å². The Labute approximate surface area is 188 Å². The highest BCUT2D eigenvalue weighted by Gasteiger charge is 2.45. The molecule has 3 rings (SSSR count). The van der Waals surface area contributed by atoms with Gasteiger partial charge in [0.05, 0.1) is 22.3 Å². The van der Waals surface area contributed by atoms with Crippen molar-refractivity contribution in [3.63, 3.8) is 0 Å². The van der Waals surface area contributed by atoms with Crippen LogP contribution in [0.25, 0.3) is 0 Å². The number of nitrogens with one attached hydrogen (secondary N) is 1. The molecule has 0 unspecified atom stereocenters. The fraction of sp³-hybridized carbons (Fsp3) is 0.500. The summed E-state index contributed by atoms with van der Waals surface area (Å²) in [5.41, 5.74) is 0.617. The number of aromatic nitrogens is 2. The zero-order valence-corrected chi connectivity index (χ0v) is 19.9. The average Bonchev–Trinajstić information content (AvgIpc) is 3.37. The summed E-state index contributed by atoms with van der Waals surface area (Å²) in [6, 6.07) is 5.69. The van der Waals surface area contributed by atoms with Crippen LogP contribution in [0.2, 0.25) is 0 Å². The predicted octanol–water partition coefficient (Wildman–Crippen LogP) is 3.60. The molecule has 1 saturated carbocycles. The Kier molecular flexibility index (Phi) is 6.37. The predicted molar refractivity (Wildman–Crippen MR) is 120 cm³/mol. The van der Waals surface area contributed by atoms with Crippen LogP contribution in [-0.4, -0.2) is 41.5 Å². The van der Waals surface area contributed by atoms with Gasteiger partial charge < -0.3 is 10.4 Å². The molecule has 1 aliphatic rings. The molecule has 174 valence electrons. The van der Waals surface area contributed by atoms with Gasteiger partial charge in [-0.3, -0.25) is 4.79 Å². The van der Waals surface area contributed by atoms with E-state index in [1.807, 2.05) is 6.92 Å². The van der Waals surface area contributed by atoms with Crippen molar-refractivity contribution in [3.8, 4) is 0 Å². The summed E-state index contributed by atoms with van der Waals surface area (Å²) in [6.45, 7) is 8.81. The quantitative estimate of drug-likeness (QED) is 0.618. The topological polar surface area (TPSA) is 122 Å². The van der Waals surface area contributed by atoms with E-state index in [4.69, 9.17) is 0 Å². The largest absolute Gasteiger partial charge is 0.464 e. The number of rotatable bonds is 8. The van der Waals surface area contributed by atoms with Crippen molar-refractivity contribution in [3.05, 3.63) is 35.7 Å². The molecule has 1 aromatic heterocycles. The highest BCUT2D eigenvalue weighted by Crippen LogP contribution is 2.45. The molecule has 32 heavy (non-hydrogen) atoms. The third-order valence-corrected chi connectivity index (χ3v) is 7.64. The summed E-state index contributed by atoms with van der Waals surface area (Å²) in [4.78, 5) is 25.5. The van der Waals surface area contributed by atoms with Gasteiger partial charge in [-0.25, -0.2) is 13.2 Å². The van der Waals surface area contributed by atoms with Crippen LogP contribution in [0, 0.1) is 5.41 Å². The maximum atomic E-state index is 13.7. The molecule has 1 aromatic carbocycles. The number of nitrogens with zero attached hydrogens (tertiary/aromatic N) is 3.